The van der Waals surface area contributed by atoms with Gasteiger partial charge in [-0.05, 0) is 38.1 Å². The summed E-state index contributed by atoms with van der Waals surface area (Å²) < 4.78 is 16.0. The zero-order valence-electron chi connectivity index (χ0n) is 13.8. The molecule has 23 heavy (non-hydrogen) atoms. The Balaban J connectivity index is 0.00000264. The number of hydrogen-bond acceptors (Lipinski definition) is 5. The van der Waals surface area contributed by atoms with Crippen molar-refractivity contribution in [2.75, 3.05) is 34.4 Å². The average molecular weight is 345 g/mol. The average Bonchev–Trinajstić information content (AvgIpc) is 2.59. The van der Waals surface area contributed by atoms with Gasteiger partial charge in [0.1, 0.15) is 0 Å². The highest BCUT2D eigenvalue weighted by Gasteiger charge is 2.21. The van der Waals surface area contributed by atoms with Crippen LogP contribution in [-0.4, -0.2) is 40.3 Å². The number of carbonyl (C=O) groups is 1. The van der Waals surface area contributed by atoms with E-state index in [1.54, 1.807) is 21.3 Å². The first-order valence-corrected chi connectivity index (χ1v) is 7.47. The third-order valence-corrected chi connectivity index (χ3v) is 3.95. The molecule has 130 valence electrons. The Hall–Kier alpha value is -1.66. The minimum absolute atomic E-state index is 0. The van der Waals surface area contributed by atoms with Crippen molar-refractivity contribution in [1.29, 1.82) is 0 Å². The first-order chi connectivity index (χ1) is 10.7. The first-order valence-electron chi connectivity index (χ1n) is 7.47. The van der Waals surface area contributed by atoms with Crippen LogP contribution in [0.25, 0.3) is 0 Å². The topological polar surface area (TPSA) is 68.8 Å². The standard InChI is InChI=1S/C16H24N2O4.ClH/c1-20-13-5-4-12(14(21-2)15(13)22-3)10-18-16(19)11-6-8-17-9-7-11;/h4-5,11,17H,6-10H2,1-3H3,(H,18,19);1H. The number of nitrogens with one attached hydrogen (secondary N) is 2. The Morgan fingerprint density at radius 1 is 1.13 bits per heavy atom. The molecule has 1 aromatic rings. The second kappa shape index (κ2) is 9.47. The van der Waals surface area contributed by atoms with Crippen molar-refractivity contribution in [3.63, 3.8) is 0 Å². The lowest BCUT2D eigenvalue weighted by atomic mass is 9.97. The fourth-order valence-corrected chi connectivity index (χ4v) is 2.71. The maximum atomic E-state index is 12.2. The van der Waals surface area contributed by atoms with Gasteiger partial charge in [-0.25, -0.2) is 0 Å². The van der Waals surface area contributed by atoms with Gasteiger partial charge in [-0.3, -0.25) is 4.79 Å². The molecule has 0 bridgehead atoms. The molecule has 7 heteroatoms. The second-order valence-corrected chi connectivity index (χ2v) is 5.24. The molecule has 0 unspecified atom stereocenters. The van der Waals surface area contributed by atoms with Gasteiger partial charge in [-0.2, -0.15) is 0 Å². The molecule has 0 aliphatic carbocycles. The van der Waals surface area contributed by atoms with Crippen molar-refractivity contribution < 1.29 is 19.0 Å². The maximum absolute atomic E-state index is 12.2. The summed E-state index contributed by atoms with van der Waals surface area (Å²) in [6, 6.07) is 3.69. The number of hydrogen-bond donors (Lipinski definition) is 2. The van der Waals surface area contributed by atoms with Gasteiger partial charge in [0, 0.05) is 18.0 Å². The Bertz CT molecular complexity index is 519. The quantitative estimate of drug-likeness (QED) is 0.823. The van der Waals surface area contributed by atoms with Crippen molar-refractivity contribution in [3.8, 4) is 17.2 Å². The third kappa shape index (κ3) is 4.65. The Kier molecular flexibility index (Phi) is 7.98. The van der Waals surface area contributed by atoms with Crippen LogP contribution in [0.3, 0.4) is 0 Å². The molecule has 0 aromatic heterocycles. The molecule has 1 fully saturated rings. The minimum atomic E-state index is 0. The van der Waals surface area contributed by atoms with Crippen LogP contribution in [0, 0.1) is 5.92 Å². The van der Waals surface area contributed by atoms with Crippen molar-refractivity contribution in [2.24, 2.45) is 5.92 Å². The number of methoxy groups -OCH3 is 3. The fraction of sp³-hybridized carbons (Fsp3) is 0.562. The molecule has 6 nitrogen and oxygen atoms in total. The lowest BCUT2D eigenvalue weighted by Gasteiger charge is -2.22. The molecule has 0 spiro atoms. The molecule has 1 aliphatic heterocycles. The van der Waals surface area contributed by atoms with E-state index in [1.807, 2.05) is 12.1 Å². The molecule has 1 aromatic carbocycles. The van der Waals surface area contributed by atoms with E-state index in [1.165, 1.54) is 0 Å². The van der Waals surface area contributed by atoms with E-state index in [0.29, 0.717) is 23.8 Å². The van der Waals surface area contributed by atoms with Crippen LogP contribution in [0.15, 0.2) is 12.1 Å². The minimum Gasteiger partial charge on any atom is -0.493 e. The number of carbonyl (C=O) groups excluding carboxylic acids is 1. The van der Waals surface area contributed by atoms with Crippen LogP contribution >= 0.6 is 12.4 Å². The number of benzene rings is 1. The zero-order valence-corrected chi connectivity index (χ0v) is 14.6. The molecule has 1 saturated heterocycles. The van der Waals surface area contributed by atoms with E-state index in [4.69, 9.17) is 14.2 Å². The SMILES string of the molecule is COc1ccc(CNC(=O)C2CCNCC2)c(OC)c1OC.Cl. The number of ether oxygens (including phenoxy) is 3. The van der Waals surface area contributed by atoms with Crippen LogP contribution in [0.5, 0.6) is 17.2 Å². The lowest BCUT2D eigenvalue weighted by Crippen LogP contribution is -2.37. The molecule has 0 saturated carbocycles. The molecular weight excluding hydrogens is 320 g/mol. The van der Waals surface area contributed by atoms with Crippen LogP contribution in [0.1, 0.15) is 18.4 Å². The van der Waals surface area contributed by atoms with E-state index >= 15 is 0 Å². The summed E-state index contributed by atoms with van der Waals surface area (Å²) in [5.41, 5.74) is 0.863. The van der Waals surface area contributed by atoms with Gasteiger partial charge in [-0.1, -0.05) is 0 Å². The smallest absolute Gasteiger partial charge is 0.223 e. The second-order valence-electron chi connectivity index (χ2n) is 5.24. The summed E-state index contributed by atoms with van der Waals surface area (Å²) in [6.45, 7) is 2.21. The van der Waals surface area contributed by atoms with Crippen molar-refractivity contribution in [3.05, 3.63) is 17.7 Å². The highest BCUT2D eigenvalue weighted by Crippen LogP contribution is 2.39. The van der Waals surface area contributed by atoms with Gasteiger partial charge >= 0.3 is 0 Å². The zero-order chi connectivity index (χ0) is 15.9. The molecular formula is C16H25ClN2O4. The van der Waals surface area contributed by atoms with Crippen LogP contribution in [-0.2, 0) is 11.3 Å². The van der Waals surface area contributed by atoms with E-state index < -0.39 is 0 Å². The maximum Gasteiger partial charge on any atom is 0.223 e. The monoisotopic (exact) mass is 344 g/mol. The van der Waals surface area contributed by atoms with Gasteiger partial charge in [0.2, 0.25) is 11.7 Å². The van der Waals surface area contributed by atoms with Gasteiger partial charge in [0.15, 0.2) is 11.5 Å². The van der Waals surface area contributed by atoms with Crippen molar-refractivity contribution in [1.82, 2.24) is 10.6 Å². The summed E-state index contributed by atoms with van der Waals surface area (Å²) >= 11 is 0. The summed E-state index contributed by atoms with van der Waals surface area (Å²) in [6.07, 6.45) is 1.77. The normalized spacial score (nSPS) is 14.6. The van der Waals surface area contributed by atoms with E-state index in [-0.39, 0.29) is 24.2 Å². The van der Waals surface area contributed by atoms with E-state index in [2.05, 4.69) is 10.6 Å². The van der Waals surface area contributed by atoms with E-state index in [0.717, 1.165) is 31.5 Å². The molecule has 1 amide bonds. The largest absolute Gasteiger partial charge is 0.493 e. The summed E-state index contributed by atoms with van der Waals surface area (Å²) in [5, 5.41) is 6.25. The predicted molar refractivity (Wildman–Crippen MR) is 90.8 cm³/mol. The van der Waals surface area contributed by atoms with E-state index in [9.17, 15) is 4.79 Å². The third-order valence-electron chi connectivity index (χ3n) is 3.95. The molecule has 0 atom stereocenters. The number of amides is 1. The summed E-state index contributed by atoms with van der Waals surface area (Å²) in [4.78, 5) is 12.2. The van der Waals surface area contributed by atoms with Gasteiger partial charge in [0.25, 0.3) is 0 Å². The first kappa shape index (κ1) is 19.4. The summed E-state index contributed by atoms with van der Waals surface area (Å²) in [5.74, 6) is 1.92. The molecule has 2 N–H and O–H groups in total. The van der Waals surface area contributed by atoms with Gasteiger partial charge in [-0.15, -0.1) is 12.4 Å². The predicted octanol–water partition coefficient (Wildman–Crippen LogP) is 1.75. The number of halogens is 1. The Morgan fingerprint density at radius 2 is 1.78 bits per heavy atom. The van der Waals surface area contributed by atoms with Crippen LogP contribution in [0.4, 0.5) is 0 Å². The molecule has 0 radical (unpaired) electrons. The van der Waals surface area contributed by atoms with Crippen LogP contribution < -0.4 is 24.8 Å². The highest BCUT2D eigenvalue weighted by molar-refractivity contribution is 5.85. The number of rotatable bonds is 6. The van der Waals surface area contributed by atoms with Gasteiger partial charge < -0.3 is 24.8 Å². The lowest BCUT2D eigenvalue weighted by molar-refractivity contribution is -0.125. The van der Waals surface area contributed by atoms with Crippen LogP contribution in [0.2, 0.25) is 0 Å². The van der Waals surface area contributed by atoms with Crippen molar-refractivity contribution in [2.45, 2.75) is 19.4 Å². The molecule has 2 rings (SSSR count). The molecule has 1 aliphatic rings. The fourth-order valence-electron chi connectivity index (χ4n) is 2.71. The highest BCUT2D eigenvalue weighted by atomic mass is 35.5. The Morgan fingerprint density at radius 3 is 2.35 bits per heavy atom. The Labute approximate surface area is 143 Å². The summed E-state index contributed by atoms with van der Waals surface area (Å²) in [7, 11) is 4.73. The van der Waals surface area contributed by atoms with Gasteiger partial charge in [0.05, 0.1) is 21.3 Å². The van der Waals surface area contributed by atoms with Crippen molar-refractivity contribution >= 4 is 18.3 Å². The molecule has 1 heterocycles. The number of piperidine rings is 1.